The summed E-state index contributed by atoms with van der Waals surface area (Å²) in [5.74, 6) is 2.08. The maximum atomic E-state index is 10.0. The Balaban J connectivity index is 1.39. The van der Waals surface area contributed by atoms with Gasteiger partial charge in [0.25, 0.3) is 0 Å². The third-order valence-corrected chi connectivity index (χ3v) is 10.4. The normalized spacial score (nSPS) is 23.3. The van der Waals surface area contributed by atoms with E-state index in [0.29, 0.717) is 45.1 Å². The number of aryl methyl sites for hydroxylation is 1. The van der Waals surface area contributed by atoms with Gasteiger partial charge >= 0.3 is 0 Å². The van der Waals surface area contributed by atoms with Crippen LogP contribution in [0.25, 0.3) is 22.7 Å². The molecular formula is C28H34N10OS. The lowest BCUT2D eigenvalue weighted by Crippen LogP contribution is -2.35. The number of likely N-dealkylation sites (N-methyl/N-ethyl adjacent to an activating group) is 1. The Morgan fingerprint density at radius 1 is 1.20 bits per heavy atom. The quantitative estimate of drug-likeness (QED) is 0.390. The van der Waals surface area contributed by atoms with E-state index in [1.165, 1.54) is 11.3 Å². The van der Waals surface area contributed by atoms with E-state index in [-0.39, 0.29) is 11.5 Å². The molecule has 0 amide bonds. The molecule has 1 aliphatic heterocycles. The maximum absolute atomic E-state index is 10.0. The second-order valence-corrected chi connectivity index (χ2v) is 12.9. The summed E-state index contributed by atoms with van der Waals surface area (Å²) >= 11 is 1.55. The lowest BCUT2D eigenvalue weighted by molar-refractivity contribution is 0.230. The number of hydrogen-bond acceptors (Lipinski definition) is 11. The van der Waals surface area contributed by atoms with E-state index in [4.69, 9.17) is 20.2 Å². The minimum absolute atomic E-state index is 0.110. The summed E-state index contributed by atoms with van der Waals surface area (Å²) in [7, 11) is 6.09. The van der Waals surface area contributed by atoms with E-state index in [1.807, 2.05) is 23.7 Å². The third-order valence-electron chi connectivity index (χ3n) is 9.32. The average Bonchev–Trinajstić information content (AvgIpc) is 3.72. The molecule has 1 fully saturated rings. The summed E-state index contributed by atoms with van der Waals surface area (Å²) in [4.78, 5) is 15.6. The largest absolute Gasteiger partial charge is 0.389 e. The molecule has 1 saturated heterocycles. The summed E-state index contributed by atoms with van der Waals surface area (Å²) in [6.07, 6.45) is 7.90. The lowest BCUT2D eigenvalue weighted by Gasteiger charge is -2.39. The van der Waals surface area contributed by atoms with Gasteiger partial charge in [0.15, 0.2) is 34.3 Å². The summed E-state index contributed by atoms with van der Waals surface area (Å²) in [6.45, 7) is 3.28. The van der Waals surface area contributed by atoms with Gasteiger partial charge < -0.3 is 20.1 Å². The van der Waals surface area contributed by atoms with Crippen LogP contribution in [0.4, 0.5) is 10.8 Å². The first-order valence-electron chi connectivity index (χ1n) is 14.2. The highest BCUT2D eigenvalue weighted by Gasteiger charge is 2.49. The molecule has 12 heteroatoms. The van der Waals surface area contributed by atoms with Crippen molar-refractivity contribution in [3.63, 3.8) is 0 Å². The number of hydrogen-bond donors (Lipinski definition) is 1. The number of anilines is 2. The first-order valence-corrected chi connectivity index (χ1v) is 15.0. The number of thiophene rings is 1. The molecule has 4 aromatic rings. The highest BCUT2D eigenvalue weighted by molar-refractivity contribution is 7.16. The second kappa shape index (κ2) is 9.24. The van der Waals surface area contributed by atoms with Gasteiger partial charge in [0.05, 0.1) is 17.0 Å². The Morgan fingerprint density at radius 2 is 2.00 bits per heavy atom. The molecule has 0 unspecified atom stereocenters. The predicted octanol–water partition coefficient (Wildman–Crippen LogP) is 4.07. The molecule has 2 N–H and O–H groups in total. The lowest BCUT2D eigenvalue weighted by atomic mass is 9.63. The Labute approximate surface area is 237 Å². The van der Waals surface area contributed by atoms with E-state index in [1.54, 1.807) is 11.3 Å². The van der Waals surface area contributed by atoms with Crippen LogP contribution in [0.5, 0.6) is 0 Å². The van der Waals surface area contributed by atoms with Gasteiger partial charge in [-0.25, -0.2) is 14.6 Å². The molecule has 11 nitrogen and oxygen atoms in total. The van der Waals surface area contributed by atoms with Crippen molar-refractivity contribution < 1.29 is 4.52 Å². The molecule has 0 bridgehead atoms. The van der Waals surface area contributed by atoms with E-state index >= 15 is 0 Å². The Hall–Kier alpha value is -3.56. The van der Waals surface area contributed by atoms with E-state index in [9.17, 15) is 5.26 Å². The van der Waals surface area contributed by atoms with Gasteiger partial charge in [0, 0.05) is 30.6 Å². The molecular weight excluding hydrogens is 524 g/mol. The van der Waals surface area contributed by atoms with Crippen LogP contribution in [0.3, 0.4) is 0 Å². The molecule has 5 heterocycles. The average molecular weight is 559 g/mol. The fourth-order valence-corrected chi connectivity index (χ4v) is 8.59. The highest BCUT2D eigenvalue weighted by Crippen LogP contribution is 2.55. The molecule has 2 aliphatic carbocycles. The highest BCUT2D eigenvalue weighted by atomic mass is 32.1. The van der Waals surface area contributed by atoms with Gasteiger partial charge in [0.1, 0.15) is 11.1 Å². The predicted molar refractivity (Wildman–Crippen MR) is 153 cm³/mol. The zero-order valence-corrected chi connectivity index (χ0v) is 24.3. The Morgan fingerprint density at radius 3 is 2.73 bits per heavy atom. The zero-order valence-electron chi connectivity index (χ0n) is 23.4. The summed E-state index contributed by atoms with van der Waals surface area (Å²) in [6, 6.07) is 2.88. The molecule has 3 atom stereocenters. The van der Waals surface area contributed by atoms with Crippen molar-refractivity contribution in [2.75, 3.05) is 38.3 Å². The summed E-state index contributed by atoms with van der Waals surface area (Å²) < 4.78 is 8.19. The molecule has 0 saturated carbocycles. The van der Waals surface area contributed by atoms with Crippen LogP contribution in [0, 0.1) is 11.3 Å². The SMILES string of the molecule is C[C@@H]([C@@H]1CCCN1C)n1nnc2c(N(C)C)nc(-c3noc4c3CCC[C@@]43CCCc4sc(N)c(C#N)c43)nc21. The molecule has 208 valence electrons. The number of fused-ring (bicyclic) bond motifs is 5. The number of likely N-dealkylation sites (tertiary alicyclic amines) is 1. The van der Waals surface area contributed by atoms with E-state index in [0.717, 1.165) is 68.4 Å². The summed E-state index contributed by atoms with van der Waals surface area (Å²) in [5, 5.41) is 24.3. The molecule has 0 aromatic carbocycles. The van der Waals surface area contributed by atoms with Crippen molar-refractivity contribution in [2.24, 2.45) is 0 Å². The van der Waals surface area contributed by atoms with Gasteiger partial charge in [-0.1, -0.05) is 10.4 Å². The monoisotopic (exact) mass is 558 g/mol. The number of nitrogens with zero attached hydrogens (tertiary/aromatic N) is 9. The minimum atomic E-state index is -0.384. The number of nitriles is 1. The molecule has 4 aromatic heterocycles. The van der Waals surface area contributed by atoms with Crippen molar-refractivity contribution in [2.45, 2.75) is 75.8 Å². The van der Waals surface area contributed by atoms with Gasteiger partial charge in [-0.3, -0.25) is 0 Å². The molecule has 1 spiro atoms. The number of nitrogen functional groups attached to an aromatic ring is 1. The van der Waals surface area contributed by atoms with Crippen LogP contribution in [-0.2, 0) is 18.3 Å². The maximum Gasteiger partial charge on any atom is 0.186 e. The smallest absolute Gasteiger partial charge is 0.186 e. The van der Waals surface area contributed by atoms with Gasteiger partial charge in [-0.05, 0) is 77.4 Å². The Bertz CT molecular complexity index is 1660. The van der Waals surface area contributed by atoms with Crippen molar-refractivity contribution in [1.29, 1.82) is 5.26 Å². The van der Waals surface area contributed by atoms with Crippen LogP contribution < -0.4 is 10.6 Å². The van der Waals surface area contributed by atoms with Crippen molar-refractivity contribution in [1.82, 2.24) is 35.0 Å². The molecule has 7 rings (SSSR count). The zero-order chi connectivity index (χ0) is 27.8. The van der Waals surface area contributed by atoms with Crippen molar-refractivity contribution in [3.8, 4) is 17.6 Å². The second-order valence-electron chi connectivity index (χ2n) is 11.8. The summed E-state index contributed by atoms with van der Waals surface area (Å²) in [5.41, 5.74) is 10.7. The third kappa shape index (κ3) is 3.53. The molecule has 40 heavy (non-hydrogen) atoms. The van der Waals surface area contributed by atoms with Crippen LogP contribution in [0.2, 0.25) is 0 Å². The fourth-order valence-electron chi connectivity index (χ4n) is 7.43. The van der Waals surface area contributed by atoms with Gasteiger partial charge in [0.2, 0.25) is 0 Å². The van der Waals surface area contributed by atoms with Crippen molar-refractivity contribution >= 4 is 33.3 Å². The number of rotatable bonds is 4. The van der Waals surface area contributed by atoms with Crippen LogP contribution in [0.1, 0.15) is 78.8 Å². The number of nitrogens with two attached hydrogens (primary N) is 1. The van der Waals surface area contributed by atoms with E-state index < -0.39 is 0 Å². The van der Waals surface area contributed by atoms with Gasteiger partial charge in [-0.2, -0.15) is 5.26 Å². The van der Waals surface area contributed by atoms with E-state index in [2.05, 4.69) is 40.4 Å². The minimum Gasteiger partial charge on any atom is -0.389 e. The standard InChI is InChI=1S/C28H34N10OS/c1-15(18-9-7-13-37(18)4)38-27-22(33-35-38)26(36(2)3)31-25(32-27)21-16-8-5-11-28(23(16)39-34-21)12-6-10-19-20(28)17(14-29)24(30)40-19/h15,18H,5-13,30H2,1-4H3/t15-,18-,28-/m0/s1. The fraction of sp³-hybridized carbons (Fsp3) is 0.571. The van der Waals surface area contributed by atoms with Crippen LogP contribution >= 0.6 is 11.3 Å². The van der Waals surface area contributed by atoms with Crippen molar-refractivity contribution in [3.05, 3.63) is 27.3 Å². The molecule has 0 radical (unpaired) electrons. The van der Waals surface area contributed by atoms with Crippen LogP contribution in [0.15, 0.2) is 4.52 Å². The van der Waals surface area contributed by atoms with Gasteiger partial charge in [-0.15, -0.1) is 16.4 Å². The Kier molecular flexibility index (Phi) is 5.87. The van der Waals surface area contributed by atoms with Crippen LogP contribution in [-0.4, -0.2) is 68.7 Å². The number of aromatic nitrogens is 6. The molecule has 3 aliphatic rings. The topological polar surface area (TPSA) is 139 Å². The first kappa shape index (κ1) is 25.4. The first-order chi connectivity index (χ1) is 19.3.